The normalized spacial score (nSPS) is 16.4. The standard InChI is InChI=1S/C27H34ClN7O4/c1-16(2)35-22-5-4-18(10-17(22)11-23(26(35)37)38-15-24(36)29-3)32-25-21(28)14-31-27(33-25)34-8-6-19(7-9-34)39-20-12-30-13-20/h4-5,10-11,14,16,19-20,30H,6-9,12-13,15H2,1-3H3,(H,29,36)(H,31,32,33). The van der Waals surface area contributed by atoms with Crippen molar-refractivity contribution in [3.05, 3.63) is 45.8 Å². The molecule has 5 rings (SSSR count). The van der Waals surface area contributed by atoms with E-state index in [4.69, 9.17) is 26.1 Å². The summed E-state index contributed by atoms with van der Waals surface area (Å²) >= 11 is 6.47. The molecule has 2 aliphatic rings. The number of hydrogen-bond acceptors (Lipinski definition) is 9. The Kier molecular flexibility index (Phi) is 8.20. The van der Waals surface area contributed by atoms with Crippen LogP contribution in [-0.2, 0) is 9.53 Å². The summed E-state index contributed by atoms with van der Waals surface area (Å²) in [4.78, 5) is 36.1. The van der Waals surface area contributed by atoms with Gasteiger partial charge in [-0.05, 0) is 51.0 Å². The van der Waals surface area contributed by atoms with Gasteiger partial charge in [0.05, 0.1) is 23.9 Å². The van der Waals surface area contributed by atoms with E-state index in [0.29, 0.717) is 22.9 Å². The van der Waals surface area contributed by atoms with E-state index in [9.17, 15) is 9.59 Å². The monoisotopic (exact) mass is 555 g/mol. The SMILES string of the molecule is CNC(=O)COc1cc2cc(Nc3nc(N4CCC(OC5CNC5)CC4)ncc3Cl)ccc2n(C(C)C)c1=O. The van der Waals surface area contributed by atoms with Gasteiger partial charge in [0.15, 0.2) is 18.2 Å². The predicted octanol–water partition coefficient (Wildman–Crippen LogP) is 2.85. The van der Waals surface area contributed by atoms with Crippen molar-refractivity contribution in [3.8, 4) is 5.75 Å². The lowest BCUT2D eigenvalue weighted by molar-refractivity contribution is -0.122. The molecule has 0 unspecified atom stereocenters. The number of halogens is 1. The first-order chi connectivity index (χ1) is 18.8. The van der Waals surface area contributed by atoms with E-state index in [1.165, 1.54) is 7.05 Å². The molecule has 39 heavy (non-hydrogen) atoms. The molecule has 1 aromatic carbocycles. The van der Waals surface area contributed by atoms with Crippen LogP contribution in [-0.4, -0.2) is 72.5 Å². The van der Waals surface area contributed by atoms with Gasteiger partial charge in [0.1, 0.15) is 5.02 Å². The van der Waals surface area contributed by atoms with Crippen LogP contribution in [0.2, 0.25) is 5.02 Å². The number of carbonyl (C=O) groups is 1. The second-order valence-electron chi connectivity index (χ2n) is 10.1. The Morgan fingerprint density at radius 1 is 1.21 bits per heavy atom. The molecule has 208 valence electrons. The number of rotatable bonds is 9. The number of hydrogen-bond donors (Lipinski definition) is 3. The summed E-state index contributed by atoms with van der Waals surface area (Å²) in [6, 6.07) is 7.20. The lowest BCUT2D eigenvalue weighted by Gasteiger charge is -2.36. The maximum Gasteiger partial charge on any atom is 0.293 e. The van der Waals surface area contributed by atoms with Gasteiger partial charge in [-0.25, -0.2) is 4.98 Å². The van der Waals surface area contributed by atoms with Gasteiger partial charge in [0.2, 0.25) is 5.95 Å². The number of nitrogens with one attached hydrogen (secondary N) is 3. The Morgan fingerprint density at radius 2 is 1.97 bits per heavy atom. The van der Waals surface area contributed by atoms with Crippen molar-refractivity contribution in [1.82, 2.24) is 25.2 Å². The molecule has 0 saturated carbocycles. The van der Waals surface area contributed by atoms with Crippen molar-refractivity contribution in [1.29, 1.82) is 0 Å². The topological polar surface area (TPSA) is 123 Å². The summed E-state index contributed by atoms with van der Waals surface area (Å²) in [5.41, 5.74) is 1.20. The minimum absolute atomic E-state index is 0.110. The maximum absolute atomic E-state index is 13.1. The lowest BCUT2D eigenvalue weighted by Crippen LogP contribution is -2.51. The van der Waals surface area contributed by atoms with E-state index in [1.54, 1.807) is 16.8 Å². The highest BCUT2D eigenvalue weighted by Crippen LogP contribution is 2.29. The molecule has 0 bridgehead atoms. The van der Waals surface area contributed by atoms with E-state index in [2.05, 4.69) is 25.8 Å². The van der Waals surface area contributed by atoms with Crippen molar-refractivity contribution in [2.75, 3.05) is 50.1 Å². The zero-order valence-electron chi connectivity index (χ0n) is 22.4. The molecular weight excluding hydrogens is 522 g/mol. The van der Waals surface area contributed by atoms with Crippen LogP contribution >= 0.6 is 11.6 Å². The number of aromatic nitrogens is 3. The number of amides is 1. The highest BCUT2D eigenvalue weighted by atomic mass is 35.5. The quantitative estimate of drug-likeness (QED) is 0.366. The van der Waals surface area contributed by atoms with Crippen LogP contribution in [0.15, 0.2) is 35.3 Å². The van der Waals surface area contributed by atoms with E-state index in [1.807, 2.05) is 32.0 Å². The van der Waals surface area contributed by atoms with Gasteiger partial charge in [-0.1, -0.05) is 11.6 Å². The number of likely N-dealkylation sites (N-methyl/N-ethyl adjacent to an activating group) is 1. The summed E-state index contributed by atoms with van der Waals surface area (Å²) < 4.78 is 13.3. The molecule has 2 fully saturated rings. The number of pyridine rings is 1. The molecule has 0 radical (unpaired) electrons. The summed E-state index contributed by atoms with van der Waals surface area (Å²) in [5, 5.41) is 10.2. The zero-order chi connectivity index (χ0) is 27.5. The van der Waals surface area contributed by atoms with Crippen LogP contribution in [0.3, 0.4) is 0 Å². The third-order valence-electron chi connectivity index (χ3n) is 7.01. The summed E-state index contributed by atoms with van der Waals surface area (Å²) in [6.07, 6.45) is 4.07. The Labute approximate surface area is 231 Å². The van der Waals surface area contributed by atoms with Crippen molar-refractivity contribution in [3.63, 3.8) is 0 Å². The second kappa shape index (κ2) is 11.8. The zero-order valence-corrected chi connectivity index (χ0v) is 23.1. The molecule has 2 saturated heterocycles. The van der Waals surface area contributed by atoms with Gasteiger partial charge < -0.3 is 34.9 Å². The number of benzene rings is 1. The highest BCUT2D eigenvalue weighted by molar-refractivity contribution is 6.32. The van der Waals surface area contributed by atoms with Gasteiger partial charge in [-0.15, -0.1) is 0 Å². The average Bonchev–Trinajstić information content (AvgIpc) is 2.91. The summed E-state index contributed by atoms with van der Waals surface area (Å²) in [7, 11) is 1.52. The van der Waals surface area contributed by atoms with Crippen LogP contribution in [0.4, 0.5) is 17.5 Å². The molecule has 2 aromatic heterocycles. The van der Waals surface area contributed by atoms with Crippen molar-refractivity contribution in [2.45, 2.75) is 44.9 Å². The predicted molar refractivity (Wildman–Crippen MR) is 151 cm³/mol. The van der Waals surface area contributed by atoms with Crippen LogP contribution in [0, 0.1) is 0 Å². The summed E-state index contributed by atoms with van der Waals surface area (Å²) in [5.74, 6) is 0.904. The highest BCUT2D eigenvalue weighted by Gasteiger charge is 2.27. The van der Waals surface area contributed by atoms with Crippen molar-refractivity contribution < 1.29 is 14.3 Å². The molecule has 2 aliphatic heterocycles. The average molecular weight is 556 g/mol. The molecule has 3 N–H and O–H groups in total. The Bertz CT molecular complexity index is 1400. The van der Waals surface area contributed by atoms with E-state index in [-0.39, 0.29) is 36.0 Å². The Morgan fingerprint density at radius 3 is 2.64 bits per heavy atom. The molecular formula is C27H34ClN7O4. The van der Waals surface area contributed by atoms with Gasteiger partial charge in [-0.2, -0.15) is 4.98 Å². The van der Waals surface area contributed by atoms with Gasteiger partial charge in [-0.3, -0.25) is 9.59 Å². The van der Waals surface area contributed by atoms with Crippen LogP contribution in [0.1, 0.15) is 32.7 Å². The number of fused-ring (bicyclic) bond motifs is 1. The number of piperidine rings is 1. The fourth-order valence-corrected chi connectivity index (χ4v) is 4.93. The minimum Gasteiger partial charge on any atom is -0.478 e. The van der Waals surface area contributed by atoms with Crippen molar-refractivity contribution in [2.24, 2.45) is 0 Å². The maximum atomic E-state index is 13.1. The van der Waals surface area contributed by atoms with Gasteiger partial charge in [0.25, 0.3) is 11.5 Å². The molecule has 3 aromatic rings. The van der Waals surface area contributed by atoms with Crippen LogP contribution in [0.5, 0.6) is 5.75 Å². The van der Waals surface area contributed by atoms with Gasteiger partial charge >= 0.3 is 0 Å². The van der Waals surface area contributed by atoms with Crippen molar-refractivity contribution >= 4 is 45.9 Å². The van der Waals surface area contributed by atoms with Crippen LogP contribution in [0.25, 0.3) is 10.9 Å². The third kappa shape index (κ3) is 6.10. The second-order valence-corrected chi connectivity index (χ2v) is 10.5. The first-order valence-corrected chi connectivity index (χ1v) is 13.6. The number of anilines is 3. The largest absolute Gasteiger partial charge is 0.478 e. The summed E-state index contributed by atoms with van der Waals surface area (Å²) in [6.45, 7) is 7.11. The Balaban J connectivity index is 1.35. The first kappa shape index (κ1) is 27.2. The third-order valence-corrected chi connectivity index (χ3v) is 7.28. The molecule has 4 heterocycles. The molecule has 11 nitrogen and oxygen atoms in total. The van der Waals surface area contributed by atoms with E-state index < -0.39 is 0 Å². The van der Waals surface area contributed by atoms with Gasteiger partial charge in [0, 0.05) is 50.3 Å². The molecule has 1 amide bonds. The Hall–Kier alpha value is -3.41. The molecule has 0 aliphatic carbocycles. The minimum atomic E-state index is -0.317. The smallest absolute Gasteiger partial charge is 0.293 e. The van der Waals surface area contributed by atoms with E-state index >= 15 is 0 Å². The molecule has 12 heteroatoms. The molecule has 0 atom stereocenters. The number of nitrogens with zero attached hydrogens (tertiary/aromatic N) is 4. The number of carbonyl (C=O) groups excluding carboxylic acids is 1. The van der Waals surface area contributed by atoms with Crippen LogP contribution < -0.4 is 31.1 Å². The fourth-order valence-electron chi connectivity index (χ4n) is 4.79. The first-order valence-electron chi connectivity index (χ1n) is 13.3. The fraction of sp³-hybridized carbons (Fsp3) is 0.481. The lowest BCUT2D eigenvalue weighted by atomic mass is 10.1. The number of ether oxygens (including phenoxy) is 2. The molecule has 0 spiro atoms. The van der Waals surface area contributed by atoms with E-state index in [0.717, 1.165) is 55.6 Å².